The van der Waals surface area contributed by atoms with Gasteiger partial charge in [0.15, 0.2) is 5.65 Å². The maximum atomic E-state index is 13.3. The lowest BCUT2D eigenvalue weighted by Crippen LogP contribution is -1.85. The van der Waals surface area contributed by atoms with Crippen molar-refractivity contribution in [2.45, 2.75) is 0 Å². The quantitative estimate of drug-likeness (QED) is 0.553. The number of hydrogen-bond acceptors (Lipinski definition) is 3. The molecule has 0 amide bonds. The van der Waals surface area contributed by atoms with Gasteiger partial charge in [-0.2, -0.15) is 0 Å². The molecule has 0 unspecified atom stereocenters. The predicted molar refractivity (Wildman–Crippen MR) is 87.5 cm³/mol. The zero-order valence-corrected chi connectivity index (χ0v) is 12.5. The lowest BCUT2D eigenvalue weighted by molar-refractivity contribution is 0.628. The van der Waals surface area contributed by atoms with Gasteiger partial charge in [-0.15, -0.1) is 0 Å². The third-order valence-corrected chi connectivity index (χ3v) is 3.78. The molecule has 6 heteroatoms. The fourth-order valence-corrected chi connectivity index (χ4v) is 2.76. The van der Waals surface area contributed by atoms with E-state index in [0.717, 1.165) is 27.9 Å². The van der Waals surface area contributed by atoms with Gasteiger partial charge in [0.05, 0.1) is 5.69 Å². The number of aromatic nitrogens is 4. The summed E-state index contributed by atoms with van der Waals surface area (Å²) in [7, 11) is 0. The molecule has 112 valence electrons. The van der Waals surface area contributed by atoms with Crippen LogP contribution in [0.2, 0.25) is 5.15 Å². The number of H-pyrrole nitrogens is 1. The summed E-state index contributed by atoms with van der Waals surface area (Å²) in [4.78, 5) is 16.0. The van der Waals surface area contributed by atoms with E-state index in [9.17, 15) is 4.39 Å². The molecule has 0 fully saturated rings. The molecule has 0 aliphatic rings. The number of pyridine rings is 1. The first-order chi connectivity index (χ1) is 11.2. The maximum absolute atomic E-state index is 13.3. The third-order valence-electron chi connectivity index (χ3n) is 3.58. The van der Waals surface area contributed by atoms with Crippen LogP contribution in [0.25, 0.3) is 33.5 Å². The fourth-order valence-electron chi connectivity index (χ4n) is 2.58. The zero-order chi connectivity index (χ0) is 15.8. The van der Waals surface area contributed by atoms with E-state index >= 15 is 0 Å². The first-order valence-corrected chi connectivity index (χ1v) is 7.31. The van der Waals surface area contributed by atoms with Crippen LogP contribution < -0.4 is 0 Å². The lowest BCUT2D eigenvalue weighted by atomic mass is 10.0. The molecule has 4 rings (SSSR count). The van der Waals surface area contributed by atoms with Gasteiger partial charge in [-0.25, -0.2) is 14.4 Å². The Balaban J connectivity index is 2.04. The molecule has 4 nitrogen and oxygen atoms in total. The molecule has 0 saturated carbocycles. The first-order valence-electron chi connectivity index (χ1n) is 6.93. The monoisotopic (exact) mass is 324 g/mol. The van der Waals surface area contributed by atoms with E-state index < -0.39 is 0 Å². The molecule has 3 heterocycles. The molecule has 0 atom stereocenters. The van der Waals surface area contributed by atoms with Crippen LogP contribution in [0.3, 0.4) is 0 Å². The summed E-state index contributed by atoms with van der Waals surface area (Å²) in [5, 5.41) is 0.395. The van der Waals surface area contributed by atoms with Gasteiger partial charge < -0.3 is 4.98 Å². The van der Waals surface area contributed by atoms with Crippen LogP contribution in [0.5, 0.6) is 0 Å². The molecule has 0 bridgehead atoms. The molecular weight excluding hydrogens is 315 g/mol. The van der Waals surface area contributed by atoms with E-state index in [1.165, 1.54) is 12.1 Å². The highest BCUT2D eigenvalue weighted by Crippen LogP contribution is 2.36. The molecular formula is C17H10ClFN4. The standard InChI is InChI=1S/C17H10ClFN4/c18-13-9-11(5-6-20-13)15-14(10-1-3-12(19)4-2-10)16-17(23-15)22-8-7-21-16/h1-9H,(H,22,23). The number of nitrogens with one attached hydrogen (secondary N) is 1. The summed E-state index contributed by atoms with van der Waals surface area (Å²) < 4.78 is 13.3. The van der Waals surface area contributed by atoms with Crippen molar-refractivity contribution in [3.63, 3.8) is 0 Å². The topological polar surface area (TPSA) is 54.5 Å². The molecule has 4 aromatic rings. The molecule has 1 N–H and O–H groups in total. The average molecular weight is 325 g/mol. The summed E-state index contributed by atoms with van der Waals surface area (Å²) >= 11 is 6.01. The number of nitrogens with zero attached hydrogens (tertiary/aromatic N) is 3. The Morgan fingerprint density at radius 1 is 0.870 bits per heavy atom. The van der Waals surface area contributed by atoms with Crippen molar-refractivity contribution >= 4 is 22.8 Å². The molecule has 3 aromatic heterocycles. The van der Waals surface area contributed by atoms with Crippen molar-refractivity contribution < 1.29 is 4.39 Å². The largest absolute Gasteiger partial charge is 0.337 e. The Bertz CT molecular complexity index is 995. The van der Waals surface area contributed by atoms with Crippen molar-refractivity contribution in [1.29, 1.82) is 0 Å². The highest BCUT2D eigenvalue weighted by atomic mass is 35.5. The zero-order valence-electron chi connectivity index (χ0n) is 11.8. The van der Waals surface area contributed by atoms with Crippen LogP contribution >= 0.6 is 11.6 Å². The van der Waals surface area contributed by atoms with Crippen molar-refractivity contribution in [1.82, 2.24) is 19.9 Å². The van der Waals surface area contributed by atoms with Crippen LogP contribution in [0.1, 0.15) is 0 Å². The Labute approximate surface area is 136 Å². The number of hydrogen-bond donors (Lipinski definition) is 1. The smallest absolute Gasteiger partial charge is 0.157 e. The Morgan fingerprint density at radius 2 is 1.65 bits per heavy atom. The number of rotatable bonds is 2. The van der Waals surface area contributed by atoms with Crippen LogP contribution in [0.4, 0.5) is 4.39 Å². The highest BCUT2D eigenvalue weighted by molar-refractivity contribution is 6.29. The molecule has 0 aliphatic heterocycles. The van der Waals surface area contributed by atoms with Gasteiger partial charge in [-0.3, -0.25) is 4.98 Å². The van der Waals surface area contributed by atoms with E-state index in [2.05, 4.69) is 19.9 Å². The Morgan fingerprint density at radius 3 is 2.43 bits per heavy atom. The number of halogens is 2. The van der Waals surface area contributed by atoms with Gasteiger partial charge in [-0.05, 0) is 29.8 Å². The predicted octanol–water partition coefficient (Wildman–Crippen LogP) is 4.48. The molecule has 0 spiro atoms. The summed E-state index contributed by atoms with van der Waals surface area (Å²) in [5.41, 5.74) is 4.78. The second-order valence-corrected chi connectivity index (χ2v) is 5.39. The Hall–Kier alpha value is -2.79. The summed E-state index contributed by atoms with van der Waals surface area (Å²) in [6.45, 7) is 0. The third kappa shape index (κ3) is 2.45. The number of aromatic amines is 1. The van der Waals surface area contributed by atoms with E-state index in [1.807, 2.05) is 6.07 Å². The molecule has 0 saturated heterocycles. The summed E-state index contributed by atoms with van der Waals surface area (Å²) in [5.74, 6) is -0.284. The van der Waals surface area contributed by atoms with Crippen molar-refractivity contribution in [2.24, 2.45) is 0 Å². The first kappa shape index (κ1) is 13.8. The minimum atomic E-state index is -0.284. The van der Waals surface area contributed by atoms with E-state index in [1.54, 1.807) is 36.8 Å². The van der Waals surface area contributed by atoms with Crippen LogP contribution in [-0.4, -0.2) is 19.9 Å². The van der Waals surface area contributed by atoms with Crippen LogP contribution in [-0.2, 0) is 0 Å². The second-order valence-electron chi connectivity index (χ2n) is 5.00. The van der Waals surface area contributed by atoms with Crippen LogP contribution in [0.15, 0.2) is 55.0 Å². The van der Waals surface area contributed by atoms with E-state index in [0.29, 0.717) is 10.8 Å². The molecule has 0 radical (unpaired) electrons. The minimum absolute atomic E-state index is 0.284. The summed E-state index contributed by atoms with van der Waals surface area (Å²) in [6.07, 6.45) is 4.89. The van der Waals surface area contributed by atoms with Crippen molar-refractivity contribution in [3.05, 3.63) is 66.0 Å². The van der Waals surface area contributed by atoms with Crippen LogP contribution in [0, 0.1) is 5.82 Å². The van der Waals surface area contributed by atoms with Crippen molar-refractivity contribution in [3.8, 4) is 22.4 Å². The van der Waals surface area contributed by atoms with Gasteiger partial charge in [0, 0.05) is 29.7 Å². The normalized spacial score (nSPS) is 11.0. The van der Waals surface area contributed by atoms with Gasteiger partial charge >= 0.3 is 0 Å². The van der Waals surface area contributed by atoms with Crippen molar-refractivity contribution in [2.75, 3.05) is 0 Å². The minimum Gasteiger partial charge on any atom is -0.337 e. The molecule has 0 aliphatic carbocycles. The van der Waals surface area contributed by atoms with Gasteiger partial charge in [0.25, 0.3) is 0 Å². The average Bonchev–Trinajstić information content (AvgIpc) is 2.95. The molecule has 1 aromatic carbocycles. The Kier molecular flexibility index (Phi) is 3.28. The summed E-state index contributed by atoms with van der Waals surface area (Å²) in [6, 6.07) is 9.91. The van der Waals surface area contributed by atoms with Gasteiger partial charge in [0.1, 0.15) is 16.5 Å². The van der Waals surface area contributed by atoms with E-state index in [4.69, 9.17) is 11.6 Å². The highest BCUT2D eigenvalue weighted by Gasteiger charge is 2.17. The fraction of sp³-hybridized carbons (Fsp3) is 0. The van der Waals surface area contributed by atoms with E-state index in [-0.39, 0.29) is 5.82 Å². The van der Waals surface area contributed by atoms with Gasteiger partial charge in [-0.1, -0.05) is 23.7 Å². The number of benzene rings is 1. The second kappa shape index (κ2) is 5.44. The maximum Gasteiger partial charge on any atom is 0.157 e. The SMILES string of the molecule is Fc1ccc(-c2c(-c3ccnc(Cl)c3)[nH]c3nccnc23)cc1. The van der Waals surface area contributed by atoms with Gasteiger partial charge in [0.2, 0.25) is 0 Å². The lowest BCUT2D eigenvalue weighted by Gasteiger charge is -2.05. The molecule has 23 heavy (non-hydrogen) atoms. The number of fused-ring (bicyclic) bond motifs is 1.